The van der Waals surface area contributed by atoms with E-state index in [0.29, 0.717) is 23.9 Å². The standard InChI is InChI=1S/C11H15Br2NO2S/c1-7(2)6-16-4-3-14-11(15)9-5-8(12)10(13)17-9/h5,7H,3-4,6H2,1-2H3,(H,14,15). The molecular formula is C11H15Br2NO2S. The van der Waals surface area contributed by atoms with Gasteiger partial charge in [-0.3, -0.25) is 4.79 Å². The summed E-state index contributed by atoms with van der Waals surface area (Å²) in [5, 5.41) is 2.82. The molecule has 1 aromatic heterocycles. The van der Waals surface area contributed by atoms with Crippen molar-refractivity contribution in [1.29, 1.82) is 0 Å². The molecule has 1 rings (SSSR count). The van der Waals surface area contributed by atoms with Crippen molar-refractivity contribution in [2.24, 2.45) is 5.92 Å². The Kier molecular flexibility index (Phi) is 6.69. The number of thiophene rings is 1. The van der Waals surface area contributed by atoms with Gasteiger partial charge in [-0.25, -0.2) is 0 Å². The first-order chi connectivity index (χ1) is 8.00. The number of carbonyl (C=O) groups excluding carboxylic acids is 1. The largest absolute Gasteiger partial charge is 0.379 e. The van der Waals surface area contributed by atoms with E-state index in [2.05, 4.69) is 51.0 Å². The highest BCUT2D eigenvalue weighted by atomic mass is 79.9. The summed E-state index contributed by atoms with van der Waals surface area (Å²) in [4.78, 5) is 12.4. The number of carbonyl (C=O) groups is 1. The van der Waals surface area contributed by atoms with Crippen molar-refractivity contribution >= 4 is 49.1 Å². The molecule has 1 aromatic rings. The minimum atomic E-state index is -0.0606. The van der Waals surface area contributed by atoms with Gasteiger partial charge < -0.3 is 10.1 Å². The van der Waals surface area contributed by atoms with Crippen LogP contribution in [0.2, 0.25) is 0 Å². The van der Waals surface area contributed by atoms with E-state index in [4.69, 9.17) is 4.74 Å². The lowest BCUT2D eigenvalue weighted by molar-refractivity contribution is 0.0889. The highest BCUT2D eigenvalue weighted by molar-refractivity contribution is 9.13. The number of halogens is 2. The first-order valence-corrected chi connectivity index (χ1v) is 7.71. The third-order valence-electron chi connectivity index (χ3n) is 1.85. The van der Waals surface area contributed by atoms with Crippen LogP contribution in [0.25, 0.3) is 0 Å². The second-order valence-corrected chi connectivity index (χ2v) is 7.18. The van der Waals surface area contributed by atoms with E-state index in [0.717, 1.165) is 14.9 Å². The van der Waals surface area contributed by atoms with E-state index in [9.17, 15) is 4.79 Å². The Labute approximate surface area is 122 Å². The molecule has 1 N–H and O–H groups in total. The molecule has 6 heteroatoms. The number of rotatable bonds is 6. The minimum absolute atomic E-state index is 0.0606. The molecule has 0 unspecified atom stereocenters. The summed E-state index contributed by atoms with van der Waals surface area (Å²) in [7, 11) is 0. The molecule has 0 saturated heterocycles. The van der Waals surface area contributed by atoms with Gasteiger partial charge >= 0.3 is 0 Å². The molecule has 0 radical (unpaired) electrons. The zero-order valence-electron chi connectivity index (χ0n) is 9.76. The summed E-state index contributed by atoms with van der Waals surface area (Å²) < 4.78 is 7.22. The summed E-state index contributed by atoms with van der Waals surface area (Å²) in [6, 6.07) is 1.80. The smallest absolute Gasteiger partial charge is 0.261 e. The van der Waals surface area contributed by atoms with Gasteiger partial charge in [0.15, 0.2) is 0 Å². The molecule has 0 aromatic carbocycles. The van der Waals surface area contributed by atoms with Gasteiger partial charge in [0.2, 0.25) is 0 Å². The van der Waals surface area contributed by atoms with Gasteiger partial charge in [0.25, 0.3) is 5.91 Å². The summed E-state index contributed by atoms with van der Waals surface area (Å²) in [5.74, 6) is 0.462. The maximum Gasteiger partial charge on any atom is 0.261 e. The Morgan fingerprint density at radius 1 is 1.53 bits per heavy atom. The van der Waals surface area contributed by atoms with Crippen LogP contribution in [0.4, 0.5) is 0 Å². The van der Waals surface area contributed by atoms with Gasteiger partial charge in [0.05, 0.1) is 15.3 Å². The fraction of sp³-hybridized carbons (Fsp3) is 0.545. The maximum absolute atomic E-state index is 11.7. The topological polar surface area (TPSA) is 38.3 Å². The predicted molar refractivity (Wildman–Crippen MR) is 77.7 cm³/mol. The van der Waals surface area contributed by atoms with Crippen LogP contribution < -0.4 is 5.32 Å². The fourth-order valence-corrected chi connectivity index (χ4v) is 3.05. The average molecular weight is 385 g/mol. The summed E-state index contributed by atoms with van der Waals surface area (Å²) in [5.41, 5.74) is 0. The summed E-state index contributed by atoms with van der Waals surface area (Å²) >= 11 is 8.12. The molecule has 0 saturated carbocycles. The van der Waals surface area contributed by atoms with Crippen LogP contribution >= 0.6 is 43.2 Å². The van der Waals surface area contributed by atoms with E-state index < -0.39 is 0 Å². The van der Waals surface area contributed by atoms with Crippen LogP contribution in [-0.4, -0.2) is 25.7 Å². The Bertz CT molecular complexity index is 360. The van der Waals surface area contributed by atoms with Gasteiger partial charge in [-0.05, 0) is 43.8 Å². The molecule has 1 amide bonds. The van der Waals surface area contributed by atoms with Crippen molar-refractivity contribution in [2.75, 3.05) is 19.8 Å². The van der Waals surface area contributed by atoms with E-state index >= 15 is 0 Å². The van der Waals surface area contributed by atoms with Crippen molar-refractivity contribution in [3.63, 3.8) is 0 Å². The van der Waals surface area contributed by atoms with Crippen molar-refractivity contribution < 1.29 is 9.53 Å². The zero-order valence-corrected chi connectivity index (χ0v) is 13.7. The van der Waals surface area contributed by atoms with Gasteiger partial charge in [-0.1, -0.05) is 13.8 Å². The molecule has 0 fully saturated rings. The molecule has 0 aliphatic carbocycles. The van der Waals surface area contributed by atoms with Crippen molar-refractivity contribution in [3.05, 3.63) is 19.2 Å². The lowest BCUT2D eigenvalue weighted by Crippen LogP contribution is -2.26. The number of hydrogen-bond acceptors (Lipinski definition) is 3. The first-order valence-electron chi connectivity index (χ1n) is 5.31. The van der Waals surface area contributed by atoms with Crippen LogP contribution in [0, 0.1) is 5.92 Å². The second-order valence-electron chi connectivity index (χ2n) is 3.96. The van der Waals surface area contributed by atoms with Gasteiger partial charge in [0.1, 0.15) is 0 Å². The van der Waals surface area contributed by atoms with Crippen LogP contribution in [0.3, 0.4) is 0 Å². The third kappa shape index (κ3) is 5.50. The van der Waals surface area contributed by atoms with Gasteiger partial charge in [-0.2, -0.15) is 0 Å². The quantitative estimate of drug-likeness (QED) is 0.759. The SMILES string of the molecule is CC(C)COCCNC(=O)c1cc(Br)c(Br)s1. The lowest BCUT2D eigenvalue weighted by atomic mass is 10.2. The molecular weight excluding hydrogens is 370 g/mol. The second kappa shape index (κ2) is 7.51. The number of amides is 1. The Morgan fingerprint density at radius 2 is 2.24 bits per heavy atom. The third-order valence-corrected chi connectivity index (χ3v) is 5.11. The van der Waals surface area contributed by atoms with E-state index in [1.54, 1.807) is 6.07 Å². The monoisotopic (exact) mass is 383 g/mol. The molecule has 0 atom stereocenters. The van der Waals surface area contributed by atoms with E-state index in [1.165, 1.54) is 11.3 Å². The number of ether oxygens (including phenoxy) is 1. The zero-order chi connectivity index (χ0) is 12.8. The Morgan fingerprint density at radius 3 is 2.76 bits per heavy atom. The Hall–Kier alpha value is 0.0900. The average Bonchev–Trinajstić information content (AvgIpc) is 2.58. The number of nitrogens with one attached hydrogen (secondary N) is 1. The molecule has 0 bridgehead atoms. The van der Waals surface area contributed by atoms with Crippen molar-refractivity contribution in [3.8, 4) is 0 Å². The van der Waals surface area contributed by atoms with Crippen molar-refractivity contribution in [1.82, 2.24) is 5.32 Å². The summed E-state index contributed by atoms with van der Waals surface area (Å²) in [6.45, 7) is 6.01. The maximum atomic E-state index is 11.7. The first kappa shape index (κ1) is 15.1. The molecule has 17 heavy (non-hydrogen) atoms. The number of hydrogen-bond donors (Lipinski definition) is 1. The molecule has 0 aliphatic heterocycles. The van der Waals surface area contributed by atoms with Gasteiger partial charge in [-0.15, -0.1) is 11.3 Å². The van der Waals surface area contributed by atoms with E-state index in [-0.39, 0.29) is 5.91 Å². The van der Waals surface area contributed by atoms with Gasteiger partial charge in [0, 0.05) is 17.6 Å². The highest BCUT2D eigenvalue weighted by Gasteiger charge is 2.11. The summed E-state index contributed by atoms with van der Waals surface area (Å²) in [6.07, 6.45) is 0. The van der Waals surface area contributed by atoms with E-state index in [1.807, 2.05) is 0 Å². The van der Waals surface area contributed by atoms with Crippen LogP contribution in [-0.2, 0) is 4.74 Å². The molecule has 3 nitrogen and oxygen atoms in total. The van der Waals surface area contributed by atoms with Crippen LogP contribution in [0.15, 0.2) is 14.3 Å². The highest BCUT2D eigenvalue weighted by Crippen LogP contribution is 2.32. The normalized spacial score (nSPS) is 10.9. The van der Waals surface area contributed by atoms with Crippen molar-refractivity contribution in [2.45, 2.75) is 13.8 Å². The minimum Gasteiger partial charge on any atom is -0.379 e. The van der Waals surface area contributed by atoms with Crippen LogP contribution in [0.5, 0.6) is 0 Å². The molecule has 0 aliphatic rings. The Balaban J connectivity index is 2.26. The molecule has 1 heterocycles. The predicted octanol–water partition coefficient (Wildman–Crippen LogP) is 3.68. The fourth-order valence-electron chi connectivity index (χ4n) is 1.10. The lowest BCUT2D eigenvalue weighted by Gasteiger charge is -2.07. The molecule has 0 spiro atoms. The molecule has 96 valence electrons. The van der Waals surface area contributed by atoms with Crippen LogP contribution in [0.1, 0.15) is 23.5 Å².